The van der Waals surface area contributed by atoms with E-state index in [-0.39, 0.29) is 5.78 Å². The lowest BCUT2D eigenvalue weighted by molar-refractivity contribution is 0.103. The lowest BCUT2D eigenvalue weighted by Crippen LogP contribution is -2.00. The van der Waals surface area contributed by atoms with Crippen molar-refractivity contribution < 1.29 is 4.79 Å². The third kappa shape index (κ3) is 5.35. The first-order chi connectivity index (χ1) is 19.1. The van der Waals surface area contributed by atoms with Crippen LogP contribution in [0.2, 0.25) is 0 Å². The first-order valence-electron chi connectivity index (χ1n) is 13.2. The van der Waals surface area contributed by atoms with Gasteiger partial charge in [0.2, 0.25) is 0 Å². The van der Waals surface area contributed by atoms with Crippen LogP contribution >= 0.6 is 0 Å². The lowest BCUT2D eigenvalue weighted by atomic mass is 9.96. The molecular weight excluding hydrogens is 472 g/mol. The second kappa shape index (κ2) is 10.8. The number of rotatable bonds is 6. The molecule has 0 aromatic heterocycles. The average Bonchev–Trinajstić information content (AvgIpc) is 3.02. The summed E-state index contributed by atoms with van der Waals surface area (Å²) in [6.45, 7) is 2.11. The molecule has 6 aromatic rings. The van der Waals surface area contributed by atoms with E-state index in [0.29, 0.717) is 11.1 Å². The molecule has 0 saturated carbocycles. The molecule has 6 rings (SSSR count). The molecule has 0 unspecified atom stereocenters. The third-order valence-corrected chi connectivity index (χ3v) is 7.22. The highest BCUT2D eigenvalue weighted by molar-refractivity contribution is 6.09. The Morgan fingerprint density at radius 3 is 0.923 bits per heavy atom. The van der Waals surface area contributed by atoms with Gasteiger partial charge < -0.3 is 0 Å². The zero-order valence-corrected chi connectivity index (χ0v) is 21.8. The summed E-state index contributed by atoms with van der Waals surface area (Å²) in [5.41, 5.74) is 12.1. The maximum atomic E-state index is 12.7. The van der Waals surface area contributed by atoms with Crippen molar-refractivity contribution in [1.82, 2.24) is 0 Å². The van der Waals surface area contributed by atoms with E-state index in [1.165, 1.54) is 38.9 Å². The Kier molecular flexibility index (Phi) is 6.72. The molecule has 0 spiro atoms. The molecule has 0 bridgehead atoms. The van der Waals surface area contributed by atoms with E-state index in [2.05, 4.69) is 104 Å². The van der Waals surface area contributed by atoms with Crippen LogP contribution < -0.4 is 0 Å². The molecular formula is C38H28O. The Hall–Kier alpha value is -5.01. The number of carbonyl (C=O) groups is 1. The van der Waals surface area contributed by atoms with Gasteiger partial charge in [-0.15, -0.1) is 0 Å². The van der Waals surface area contributed by atoms with Gasteiger partial charge in [-0.05, 0) is 51.4 Å². The highest BCUT2D eigenvalue weighted by atomic mass is 16.1. The van der Waals surface area contributed by atoms with Gasteiger partial charge in [-0.2, -0.15) is 0 Å². The average molecular weight is 501 g/mol. The van der Waals surface area contributed by atoms with E-state index in [1.807, 2.05) is 54.6 Å². The summed E-state index contributed by atoms with van der Waals surface area (Å²) in [6, 6.07) is 52.0. The third-order valence-electron chi connectivity index (χ3n) is 7.22. The molecule has 186 valence electrons. The molecule has 6 aromatic carbocycles. The van der Waals surface area contributed by atoms with E-state index in [0.717, 1.165) is 11.1 Å². The summed E-state index contributed by atoms with van der Waals surface area (Å²) in [5.74, 6) is 0.0446. The van der Waals surface area contributed by atoms with Gasteiger partial charge in [-0.25, -0.2) is 0 Å². The minimum Gasteiger partial charge on any atom is -0.289 e. The molecule has 1 heteroatoms. The maximum absolute atomic E-state index is 12.7. The lowest BCUT2D eigenvalue weighted by Gasteiger charge is -2.08. The van der Waals surface area contributed by atoms with Crippen LogP contribution in [0.4, 0.5) is 0 Å². The normalized spacial score (nSPS) is 10.8. The molecule has 0 aliphatic rings. The molecule has 0 atom stereocenters. The number of aryl methyl sites for hydroxylation is 1. The van der Waals surface area contributed by atoms with Gasteiger partial charge in [0.05, 0.1) is 0 Å². The van der Waals surface area contributed by atoms with Gasteiger partial charge in [-0.1, -0.05) is 157 Å². The second-order valence-corrected chi connectivity index (χ2v) is 9.87. The topological polar surface area (TPSA) is 17.1 Å². The predicted molar refractivity (Wildman–Crippen MR) is 163 cm³/mol. The zero-order valence-electron chi connectivity index (χ0n) is 21.8. The summed E-state index contributed by atoms with van der Waals surface area (Å²) >= 11 is 0. The maximum Gasteiger partial charge on any atom is 0.193 e. The fraction of sp³-hybridized carbons (Fsp3) is 0.0263. The van der Waals surface area contributed by atoms with Gasteiger partial charge >= 0.3 is 0 Å². The van der Waals surface area contributed by atoms with Crippen LogP contribution in [-0.2, 0) is 0 Å². The standard InChI is InChI=1S/C38H28O/c1-27-7-9-28(10-8-27)29-11-13-30(14-12-29)31-15-17-32(18-16-31)33-19-21-34(22-20-33)35-23-25-37(26-24-35)38(39)36-5-3-2-4-6-36/h2-26H,1H3. The van der Waals surface area contributed by atoms with Crippen molar-refractivity contribution in [2.75, 3.05) is 0 Å². The summed E-state index contributed by atoms with van der Waals surface area (Å²) in [5, 5.41) is 0. The van der Waals surface area contributed by atoms with Crippen LogP contribution in [0, 0.1) is 6.92 Å². The van der Waals surface area contributed by atoms with Crippen LogP contribution in [-0.4, -0.2) is 5.78 Å². The predicted octanol–water partition coefficient (Wildman–Crippen LogP) is 9.89. The molecule has 0 aliphatic carbocycles. The summed E-state index contributed by atoms with van der Waals surface area (Å²) in [7, 11) is 0. The largest absolute Gasteiger partial charge is 0.289 e. The number of benzene rings is 6. The molecule has 0 aliphatic heterocycles. The van der Waals surface area contributed by atoms with E-state index in [1.54, 1.807) is 0 Å². The number of carbonyl (C=O) groups excluding carboxylic acids is 1. The Morgan fingerprint density at radius 2 is 0.590 bits per heavy atom. The molecule has 0 N–H and O–H groups in total. The summed E-state index contributed by atoms with van der Waals surface area (Å²) in [6.07, 6.45) is 0. The molecule has 0 amide bonds. The Morgan fingerprint density at radius 1 is 0.333 bits per heavy atom. The van der Waals surface area contributed by atoms with Crippen molar-refractivity contribution in [3.8, 4) is 44.5 Å². The smallest absolute Gasteiger partial charge is 0.193 e. The van der Waals surface area contributed by atoms with Crippen molar-refractivity contribution in [3.05, 3.63) is 168 Å². The summed E-state index contributed by atoms with van der Waals surface area (Å²) < 4.78 is 0. The van der Waals surface area contributed by atoms with Gasteiger partial charge in [0.15, 0.2) is 5.78 Å². The first-order valence-corrected chi connectivity index (χ1v) is 13.2. The van der Waals surface area contributed by atoms with E-state index in [9.17, 15) is 4.79 Å². The monoisotopic (exact) mass is 500 g/mol. The summed E-state index contributed by atoms with van der Waals surface area (Å²) in [4.78, 5) is 12.7. The van der Waals surface area contributed by atoms with Crippen molar-refractivity contribution >= 4 is 5.78 Å². The van der Waals surface area contributed by atoms with Crippen LogP contribution in [0.1, 0.15) is 21.5 Å². The second-order valence-electron chi connectivity index (χ2n) is 9.87. The van der Waals surface area contributed by atoms with Crippen molar-refractivity contribution in [2.24, 2.45) is 0 Å². The van der Waals surface area contributed by atoms with Crippen LogP contribution in [0.5, 0.6) is 0 Å². The number of hydrogen-bond acceptors (Lipinski definition) is 1. The Labute approximate surface area is 230 Å². The molecule has 0 saturated heterocycles. The highest BCUT2D eigenvalue weighted by Gasteiger charge is 2.09. The van der Waals surface area contributed by atoms with Crippen LogP contribution in [0.15, 0.2) is 152 Å². The number of ketones is 1. The van der Waals surface area contributed by atoms with Gasteiger partial charge in [0, 0.05) is 11.1 Å². The highest BCUT2D eigenvalue weighted by Crippen LogP contribution is 2.29. The van der Waals surface area contributed by atoms with Crippen molar-refractivity contribution in [1.29, 1.82) is 0 Å². The number of hydrogen-bond donors (Lipinski definition) is 0. The molecule has 0 radical (unpaired) electrons. The molecule has 0 heterocycles. The molecule has 39 heavy (non-hydrogen) atoms. The van der Waals surface area contributed by atoms with Crippen LogP contribution in [0.3, 0.4) is 0 Å². The first kappa shape index (κ1) is 24.3. The SMILES string of the molecule is Cc1ccc(-c2ccc(-c3ccc(-c4ccc(-c5ccc(C(=O)c6ccccc6)cc5)cc4)cc3)cc2)cc1. The van der Waals surface area contributed by atoms with E-state index >= 15 is 0 Å². The van der Waals surface area contributed by atoms with Crippen molar-refractivity contribution in [2.45, 2.75) is 6.92 Å². The zero-order chi connectivity index (χ0) is 26.6. The Balaban J connectivity index is 1.15. The van der Waals surface area contributed by atoms with E-state index in [4.69, 9.17) is 0 Å². The minimum atomic E-state index is 0.0446. The van der Waals surface area contributed by atoms with Gasteiger partial charge in [0.25, 0.3) is 0 Å². The van der Waals surface area contributed by atoms with Crippen LogP contribution in [0.25, 0.3) is 44.5 Å². The Bertz CT molecular complexity index is 1690. The minimum absolute atomic E-state index is 0.0446. The molecule has 1 nitrogen and oxygen atoms in total. The quantitative estimate of drug-likeness (QED) is 0.208. The molecule has 0 fully saturated rings. The fourth-order valence-electron chi connectivity index (χ4n) is 4.88. The fourth-order valence-corrected chi connectivity index (χ4v) is 4.88. The van der Waals surface area contributed by atoms with Gasteiger partial charge in [0.1, 0.15) is 0 Å². The van der Waals surface area contributed by atoms with Crippen molar-refractivity contribution in [3.63, 3.8) is 0 Å². The van der Waals surface area contributed by atoms with Gasteiger partial charge in [-0.3, -0.25) is 4.79 Å². The van der Waals surface area contributed by atoms with E-state index < -0.39 is 0 Å².